The zero-order chi connectivity index (χ0) is 18.0. The fraction of sp³-hybridized carbons (Fsp3) is 0.150. The maximum Gasteiger partial charge on any atom is 0.231 e. The molecule has 1 amide bonds. The second-order valence-corrected chi connectivity index (χ2v) is 5.92. The van der Waals surface area contributed by atoms with Gasteiger partial charge in [0.2, 0.25) is 5.91 Å². The Morgan fingerprint density at radius 1 is 1.08 bits per heavy atom. The Morgan fingerprint density at radius 3 is 2.56 bits per heavy atom. The van der Waals surface area contributed by atoms with Crippen molar-refractivity contribution in [3.8, 4) is 5.75 Å². The molecule has 1 atom stereocenters. The first kappa shape index (κ1) is 16.8. The Balaban J connectivity index is 1.84. The number of fused-ring (bicyclic) bond motifs is 1. The van der Waals surface area contributed by atoms with E-state index in [4.69, 9.17) is 10.5 Å². The lowest BCUT2D eigenvalue weighted by Crippen LogP contribution is -2.19. The molecule has 0 aliphatic carbocycles. The van der Waals surface area contributed by atoms with Gasteiger partial charge in [-0.1, -0.05) is 24.3 Å². The minimum absolute atomic E-state index is 0.0855. The van der Waals surface area contributed by atoms with Crippen molar-refractivity contribution in [2.45, 2.75) is 12.8 Å². The number of nitrogens with two attached hydrogens (primary N) is 1. The molecule has 0 bridgehead atoms. The van der Waals surface area contributed by atoms with Crippen molar-refractivity contribution >= 4 is 28.1 Å². The molecule has 3 aromatic carbocycles. The number of carbonyl (C=O) groups is 1. The number of ether oxygens (including phenoxy) is 1. The van der Waals surface area contributed by atoms with Gasteiger partial charge in [0.05, 0.1) is 18.7 Å². The number of benzene rings is 3. The molecule has 3 aromatic rings. The van der Waals surface area contributed by atoms with Crippen LogP contribution in [0.25, 0.3) is 10.8 Å². The Bertz CT molecular complexity index is 940. The molecular formula is C20H19FN2O2. The predicted octanol–water partition coefficient (Wildman–Crippen LogP) is 4.31. The summed E-state index contributed by atoms with van der Waals surface area (Å²) in [6, 6.07) is 15.6. The van der Waals surface area contributed by atoms with E-state index in [0.29, 0.717) is 5.69 Å². The summed E-state index contributed by atoms with van der Waals surface area (Å²) in [5, 5.41) is 4.63. The molecule has 128 valence electrons. The van der Waals surface area contributed by atoms with Crippen molar-refractivity contribution < 1.29 is 13.9 Å². The first-order chi connectivity index (χ1) is 12.0. The monoisotopic (exact) mass is 338 g/mol. The van der Waals surface area contributed by atoms with Crippen LogP contribution in [0.3, 0.4) is 0 Å². The van der Waals surface area contributed by atoms with Gasteiger partial charge in [-0.15, -0.1) is 0 Å². The maximum absolute atomic E-state index is 13.8. The fourth-order valence-corrected chi connectivity index (χ4v) is 2.67. The third-order valence-electron chi connectivity index (χ3n) is 4.21. The van der Waals surface area contributed by atoms with Gasteiger partial charge in [0.25, 0.3) is 0 Å². The highest BCUT2D eigenvalue weighted by Gasteiger charge is 2.17. The number of amides is 1. The second kappa shape index (κ2) is 6.81. The van der Waals surface area contributed by atoms with E-state index in [1.165, 1.54) is 18.2 Å². The molecule has 4 nitrogen and oxygen atoms in total. The van der Waals surface area contributed by atoms with Crippen LogP contribution in [0.1, 0.15) is 18.4 Å². The van der Waals surface area contributed by atoms with E-state index >= 15 is 0 Å². The molecule has 25 heavy (non-hydrogen) atoms. The highest BCUT2D eigenvalue weighted by molar-refractivity contribution is 5.97. The maximum atomic E-state index is 13.8. The van der Waals surface area contributed by atoms with Crippen LogP contribution < -0.4 is 15.8 Å². The number of rotatable bonds is 4. The lowest BCUT2D eigenvalue weighted by atomic mass is 9.97. The van der Waals surface area contributed by atoms with E-state index in [1.54, 1.807) is 14.0 Å². The average Bonchev–Trinajstić information content (AvgIpc) is 2.63. The molecule has 0 radical (unpaired) electrons. The molecule has 0 aromatic heterocycles. The fourth-order valence-electron chi connectivity index (χ4n) is 2.67. The largest absolute Gasteiger partial charge is 0.497 e. The number of halogens is 1. The second-order valence-electron chi connectivity index (χ2n) is 5.92. The van der Waals surface area contributed by atoms with E-state index < -0.39 is 11.7 Å². The predicted molar refractivity (Wildman–Crippen MR) is 98.4 cm³/mol. The average molecular weight is 338 g/mol. The lowest BCUT2D eigenvalue weighted by Gasteiger charge is -2.14. The summed E-state index contributed by atoms with van der Waals surface area (Å²) in [6.45, 7) is 1.78. The first-order valence-corrected chi connectivity index (χ1v) is 7.91. The van der Waals surface area contributed by atoms with Gasteiger partial charge in [0, 0.05) is 5.69 Å². The first-order valence-electron chi connectivity index (χ1n) is 7.91. The summed E-state index contributed by atoms with van der Waals surface area (Å²) in [4.78, 5) is 12.5. The van der Waals surface area contributed by atoms with Gasteiger partial charge in [-0.05, 0) is 53.6 Å². The summed E-state index contributed by atoms with van der Waals surface area (Å²) < 4.78 is 19.0. The van der Waals surface area contributed by atoms with E-state index in [2.05, 4.69) is 5.32 Å². The number of nitrogen functional groups attached to an aromatic ring is 1. The summed E-state index contributed by atoms with van der Waals surface area (Å²) >= 11 is 0. The van der Waals surface area contributed by atoms with E-state index in [1.807, 2.05) is 36.4 Å². The number of nitrogens with one attached hydrogen (secondary N) is 1. The highest BCUT2D eigenvalue weighted by Crippen LogP contribution is 2.26. The van der Waals surface area contributed by atoms with Gasteiger partial charge in [-0.2, -0.15) is 0 Å². The normalized spacial score (nSPS) is 12.0. The number of carbonyl (C=O) groups excluding carboxylic acids is 1. The smallest absolute Gasteiger partial charge is 0.231 e. The number of anilines is 2. The molecule has 0 spiro atoms. The molecule has 3 N–H and O–H groups in total. The quantitative estimate of drug-likeness (QED) is 0.697. The van der Waals surface area contributed by atoms with E-state index in [0.717, 1.165) is 22.1 Å². The summed E-state index contributed by atoms with van der Waals surface area (Å²) in [5.74, 6) is -0.465. The van der Waals surface area contributed by atoms with Crippen LogP contribution >= 0.6 is 0 Å². The van der Waals surface area contributed by atoms with Gasteiger partial charge in [-0.25, -0.2) is 4.39 Å². The minimum Gasteiger partial charge on any atom is -0.497 e. The topological polar surface area (TPSA) is 64.3 Å². The Kier molecular flexibility index (Phi) is 4.57. The molecule has 0 fully saturated rings. The molecule has 3 rings (SSSR count). The summed E-state index contributed by atoms with van der Waals surface area (Å²) in [6.07, 6.45) is 0. The van der Waals surface area contributed by atoms with Crippen molar-refractivity contribution in [3.63, 3.8) is 0 Å². The zero-order valence-electron chi connectivity index (χ0n) is 14.0. The van der Waals surface area contributed by atoms with Gasteiger partial charge < -0.3 is 15.8 Å². The van der Waals surface area contributed by atoms with Gasteiger partial charge in [-0.3, -0.25) is 4.79 Å². The Morgan fingerprint density at radius 2 is 1.80 bits per heavy atom. The number of methoxy groups -OCH3 is 1. The zero-order valence-corrected chi connectivity index (χ0v) is 14.0. The van der Waals surface area contributed by atoms with Crippen LogP contribution in [0.4, 0.5) is 15.8 Å². The molecular weight excluding hydrogens is 319 g/mol. The summed E-state index contributed by atoms with van der Waals surface area (Å²) in [5.41, 5.74) is 6.97. The van der Waals surface area contributed by atoms with Gasteiger partial charge in [0.15, 0.2) is 0 Å². The molecule has 5 heteroatoms. The van der Waals surface area contributed by atoms with Crippen LogP contribution in [0.15, 0.2) is 54.6 Å². The van der Waals surface area contributed by atoms with Crippen molar-refractivity contribution in [2.75, 3.05) is 18.2 Å². The molecule has 1 unspecified atom stereocenters. The van der Waals surface area contributed by atoms with Crippen LogP contribution in [-0.2, 0) is 4.79 Å². The van der Waals surface area contributed by atoms with E-state index in [9.17, 15) is 9.18 Å². The number of hydrogen-bond donors (Lipinski definition) is 2. The van der Waals surface area contributed by atoms with Crippen molar-refractivity contribution in [1.29, 1.82) is 0 Å². The molecule has 0 saturated heterocycles. The molecule has 0 aliphatic rings. The SMILES string of the molecule is COc1ccc2cc(C(C)C(=O)Nc3cc(N)ccc3F)ccc2c1. The minimum atomic E-state index is -0.514. The van der Waals surface area contributed by atoms with Crippen LogP contribution in [0.2, 0.25) is 0 Å². The summed E-state index contributed by atoms with van der Waals surface area (Å²) in [7, 11) is 1.62. The van der Waals surface area contributed by atoms with Crippen LogP contribution in [0.5, 0.6) is 5.75 Å². The van der Waals surface area contributed by atoms with Crippen LogP contribution in [-0.4, -0.2) is 13.0 Å². The molecule has 0 aliphatic heterocycles. The van der Waals surface area contributed by atoms with Gasteiger partial charge >= 0.3 is 0 Å². The standard InChI is InChI=1S/C20H19FN2O2/c1-12(20(24)23-19-11-16(22)6-8-18(19)21)13-3-4-15-10-17(25-2)7-5-14(15)9-13/h3-12H,22H2,1-2H3,(H,23,24). The lowest BCUT2D eigenvalue weighted by molar-refractivity contribution is -0.117. The van der Waals surface area contributed by atoms with Crippen molar-refractivity contribution in [3.05, 3.63) is 66.0 Å². The third-order valence-corrected chi connectivity index (χ3v) is 4.21. The Labute approximate surface area is 145 Å². The highest BCUT2D eigenvalue weighted by atomic mass is 19.1. The molecule has 0 heterocycles. The molecule has 0 saturated carbocycles. The Hall–Kier alpha value is -3.08. The van der Waals surface area contributed by atoms with Crippen LogP contribution in [0, 0.1) is 5.82 Å². The van der Waals surface area contributed by atoms with Gasteiger partial charge in [0.1, 0.15) is 11.6 Å². The van der Waals surface area contributed by atoms with Crippen molar-refractivity contribution in [1.82, 2.24) is 0 Å². The number of hydrogen-bond acceptors (Lipinski definition) is 3. The third kappa shape index (κ3) is 3.55. The van der Waals surface area contributed by atoms with E-state index in [-0.39, 0.29) is 11.6 Å². The van der Waals surface area contributed by atoms with Crippen molar-refractivity contribution in [2.24, 2.45) is 0 Å².